The van der Waals surface area contributed by atoms with Gasteiger partial charge in [0.15, 0.2) is 11.5 Å². The summed E-state index contributed by atoms with van der Waals surface area (Å²) in [5.74, 6) is 7.32. The Balaban J connectivity index is 2.27. The van der Waals surface area contributed by atoms with Crippen LogP contribution < -0.4 is 15.9 Å². The molecule has 1 N–H and O–H groups in total. The van der Waals surface area contributed by atoms with E-state index in [4.69, 9.17) is 0 Å². The van der Waals surface area contributed by atoms with Crippen LogP contribution in [-0.4, -0.2) is 45.3 Å². The van der Waals surface area contributed by atoms with Crippen molar-refractivity contribution in [2.24, 2.45) is 7.05 Å². The molecule has 1 aliphatic rings. The molecule has 7 nitrogen and oxygen atoms in total. The minimum atomic E-state index is -0.103. The van der Waals surface area contributed by atoms with E-state index >= 15 is 0 Å². The van der Waals surface area contributed by atoms with Gasteiger partial charge in [0.2, 0.25) is 0 Å². The third-order valence-corrected chi connectivity index (χ3v) is 3.89. The maximum Gasteiger partial charge on any atom is 0.331 e. The lowest BCUT2D eigenvalue weighted by atomic mass is 10.3. The van der Waals surface area contributed by atoms with Crippen LogP contribution in [0, 0.1) is 18.8 Å². The number of nitrogens with one attached hydrogen (secondary N) is 1. The van der Waals surface area contributed by atoms with Gasteiger partial charge in [-0.05, 0) is 13.8 Å². The SMILES string of the molecule is CC#CCn1c(=O)n(C)c2nc(C)nc(N3CCNCC3)c21. The summed E-state index contributed by atoms with van der Waals surface area (Å²) < 4.78 is 3.25. The lowest BCUT2D eigenvalue weighted by Gasteiger charge is -2.29. The molecule has 1 fully saturated rings. The Kier molecular flexibility index (Phi) is 3.86. The molecule has 7 heteroatoms. The smallest absolute Gasteiger partial charge is 0.331 e. The Hall–Kier alpha value is -2.33. The first kappa shape index (κ1) is 14.6. The second kappa shape index (κ2) is 5.81. The largest absolute Gasteiger partial charge is 0.352 e. The summed E-state index contributed by atoms with van der Waals surface area (Å²) in [5, 5.41) is 3.33. The van der Waals surface area contributed by atoms with Crippen molar-refractivity contribution in [3.05, 3.63) is 16.3 Å². The van der Waals surface area contributed by atoms with Crippen molar-refractivity contribution in [2.45, 2.75) is 20.4 Å². The number of hydrogen-bond acceptors (Lipinski definition) is 5. The number of fused-ring (bicyclic) bond motifs is 1. The van der Waals surface area contributed by atoms with Gasteiger partial charge in [0.25, 0.3) is 0 Å². The average Bonchev–Trinajstić information content (AvgIpc) is 2.77. The summed E-state index contributed by atoms with van der Waals surface area (Å²) in [7, 11) is 1.74. The topological polar surface area (TPSA) is 68.0 Å². The highest BCUT2D eigenvalue weighted by Crippen LogP contribution is 2.23. The first-order chi connectivity index (χ1) is 10.6. The van der Waals surface area contributed by atoms with Gasteiger partial charge in [-0.25, -0.2) is 14.8 Å². The minimum absolute atomic E-state index is 0.103. The van der Waals surface area contributed by atoms with Crippen LogP contribution in [0.1, 0.15) is 12.7 Å². The summed E-state index contributed by atoms with van der Waals surface area (Å²) in [6.45, 7) is 7.56. The molecule has 0 spiro atoms. The van der Waals surface area contributed by atoms with Gasteiger partial charge >= 0.3 is 5.69 Å². The lowest BCUT2D eigenvalue weighted by molar-refractivity contribution is 0.584. The molecule has 0 bridgehead atoms. The third-order valence-electron chi connectivity index (χ3n) is 3.89. The molecular formula is C15H20N6O. The van der Waals surface area contributed by atoms with Crippen LogP contribution >= 0.6 is 0 Å². The Morgan fingerprint density at radius 1 is 1.27 bits per heavy atom. The monoisotopic (exact) mass is 300 g/mol. The highest BCUT2D eigenvalue weighted by atomic mass is 16.1. The highest BCUT2D eigenvalue weighted by Gasteiger charge is 2.22. The van der Waals surface area contributed by atoms with Gasteiger partial charge in [0.1, 0.15) is 11.3 Å². The maximum atomic E-state index is 12.5. The first-order valence-corrected chi connectivity index (χ1v) is 7.42. The van der Waals surface area contributed by atoms with E-state index in [1.165, 1.54) is 0 Å². The van der Waals surface area contributed by atoms with Gasteiger partial charge in [-0.15, -0.1) is 5.92 Å². The fraction of sp³-hybridized carbons (Fsp3) is 0.533. The van der Waals surface area contributed by atoms with Gasteiger partial charge in [-0.2, -0.15) is 0 Å². The third kappa shape index (κ3) is 2.35. The maximum absolute atomic E-state index is 12.5. The fourth-order valence-corrected chi connectivity index (χ4v) is 2.78. The van der Waals surface area contributed by atoms with Gasteiger partial charge in [-0.3, -0.25) is 9.13 Å². The van der Waals surface area contributed by atoms with Crippen LogP contribution in [0.5, 0.6) is 0 Å². The quantitative estimate of drug-likeness (QED) is 0.783. The number of aryl methyl sites for hydroxylation is 2. The molecule has 3 heterocycles. The van der Waals surface area contributed by atoms with Gasteiger partial charge in [0, 0.05) is 33.2 Å². The Morgan fingerprint density at radius 3 is 2.68 bits per heavy atom. The summed E-state index contributed by atoms with van der Waals surface area (Å²) in [4.78, 5) is 23.8. The number of rotatable bonds is 2. The molecule has 1 saturated heterocycles. The van der Waals surface area contributed by atoms with E-state index in [9.17, 15) is 4.79 Å². The van der Waals surface area contributed by atoms with Gasteiger partial charge in [0.05, 0.1) is 6.54 Å². The van der Waals surface area contributed by atoms with Gasteiger partial charge < -0.3 is 10.2 Å². The van der Waals surface area contributed by atoms with Crippen LogP contribution in [-0.2, 0) is 13.6 Å². The van der Waals surface area contributed by atoms with Crippen molar-refractivity contribution in [1.29, 1.82) is 0 Å². The number of aromatic nitrogens is 4. The fourth-order valence-electron chi connectivity index (χ4n) is 2.78. The zero-order valence-electron chi connectivity index (χ0n) is 13.2. The summed E-state index contributed by atoms with van der Waals surface area (Å²) in [6, 6.07) is 0. The summed E-state index contributed by atoms with van der Waals surface area (Å²) in [6.07, 6.45) is 0. The molecule has 2 aromatic heterocycles. The lowest BCUT2D eigenvalue weighted by Crippen LogP contribution is -2.44. The second-order valence-electron chi connectivity index (χ2n) is 5.36. The number of nitrogens with zero attached hydrogens (tertiary/aromatic N) is 5. The van der Waals surface area contributed by atoms with E-state index in [0.29, 0.717) is 18.0 Å². The van der Waals surface area contributed by atoms with E-state index < -0.39 is 0 Å². The van der Waals surface area contributed by atoms with Crippen molar-refractivity contribution < 1.29 is 0 Å². The highest BCUT2D eigenvalue weighted by molar-refractivity contribution is 5.84. The van der Waals surface area contributed by atoms with E-state index in [0.717, 1.165) is 37.5 Å². The average molecular weight is 300 g/mol. The molecule has 0 atom stereocenters. The molecule has 0 aromatic carbocycles. The van der Waals surface area contributed by atoms with Crippen LogP contribution in [0.4, 0.5) is 5.82 Å². The summed E-state index contributed by atoms with van der Waals surface area (Å²) in [5.41, 5.74) is 1.35. The zero-order chi connectivity index (χ0) is 15.7. The van der Waals surface area contributed by atoms with E-state index in [-0.39, 0.29) is 5.69 Å². The van der Waals surface area contributed by atoms with Crippen molar-refractivity contribution in [3.8, 4) is 11.8 Å². The van der Waals surface area contributed by atoms with Crippen LogP contribution in [0.25, 0.3) is 11.2 Å². The van der Waals surface area contributed by atoms with Crippen LogP contribution in [0.3, 0.4) is 0 Å². The normalized spacial score (nSPS) is 15.0. The molecule has 0 amide bonds. The number of imidazole rings is 1. The van der Waals surface area contributed by atoms with Crippen molar-refractivity contribution in [3.63, 3.8) is 0 Å². The zero-order valence-corrected chi connectivity index (χ0v) is 13.2. The predicted octanol–water partition coefficient (Wildman–Crippen LogP) is -0.129. The van der Waals surface area contributed by atoms with Crippen molar-refractivity contribution in [1.82, 2.24) is 24.4 Å². The molecule has 0 saturated carbocycles. The number of anilines is 1. The molecule has 1 aliphatic heterocycles. The van der Waals surface area contributed by atoms with E-state index in [1.807, 2.05) is 6.92 Å². The van der Waals surface area contributed by atoms with E-state index in [1.54, 1.807) is 23.1 Å². The Labute approximate surface area is 129 Å². The summed E-state index contributed by atoms with van der Waals surface area (Å²) >= 11 is 0. The Bertz CT molecular complexity index is 816. The molecule has 116 valence electrons. The Morgan fingerprint density at radius 2 is 2.00 bits per heavy atom. The standard InChI is InChI=1S/C15H20N6O/c1-4-5-8-21-12-13(19(3)15(21)22)17-11(2)18-14(12)20-9-6-16-7-10-20/h16H,6-10H2,1-3H3. The van der Waals surface area contributed by atoms with Crippen LogP contribution in [0.2, 0.25) is 0 Å². The van der Waals surface area contributed by atoms with Crippen LogP contribution in [0.15, 0.2) is 4.79 Å². The molecule has 3 rings (SSSR count). The molecule has 2 aromatic rings. The first-order valence-electron chi connectivity index (χ1n) is 7.42. The minimum Gasteiger partial charge on any atom is -0.352 e. The molecule has 22 heavy (non-hydrogen) atoms. The van der Waals surface area contributed by atoms with E-state index in [2.05, 4.69) is 32.0 Å². The number of piperazine rings is 1. The van der Waals surface area contributed by atoms with Crippen molar-refractivity contribution >= 4 is 17.0 Å². The second-order valence-corrected chi connectivity index (χ2v) is 5.36. The predicted molar refractivity (Wildman–Crippen MR) is 86.0 cm³/mol. The van der Waals surface area contributed by atoms with Gasteiger partial charge in [-0.1, -0.05) is 5.92 Å². The molecule has 0 aliphatic carbocycles. The number of hydrogen-bond donors (Lipinski definition) is 1. The molecule has 0 radical (unpaired) electrons. The molecular weight excluding hydrogens is 280 g/mol. The van der Waals surface area contributed by atoms with Crippen molar-refractivity contribution in [2.75, 3.05) is 31.1 Å². The molecule has 0 unspecified atom stereocenters.